The number of rotatable bonds is 6. The molecule has 1 aliphatic rings. The number of hydrogen-bond donors (Lipinski definition) is 4. The van der Waals surface area contributed by atoms with Gasteiger partial charge in [0.05, 0.1) is 20.0 Å². The van der Waals surface area contributed by atoms with Crippen molar-refractivity contribution in [2.24, 2.45) is 0 Å². The Morgan fingerprint density at radius 2 is 2.07 bits per heavy atom. The van der Waals surface area contributed by atoms with Gasteiger partial charge in [0, 0.05) is 6.54 Å². The number of aromatic nitrogens is 4. The highest BCUT2D eigenvalue weighted by Crippen LogP contribution is 2.32. The number of nitrogens with zero attached hydrogens (tertiary/aromatic N) is 4. The topological polar surface area (TPSA) is 135 Å². The number of hydrogen-bond acceptors (Lipinski definition) is 9. The minimum atomic E-state index is -1.21. The monoisotopic (exact) mass is 387 g/mol. The zero-order valence-electron chi connectivity index (χ0n) is 15.1. The molecule has 0 radical (unpaired) electrons. The Hall–Kier alpha value is -2.79. The summed E-state index contributed by atoms with van der Waals surface area (Å²) >= 11 is 0. The van der Waals surface area contributed by atoms with E-state index < -0.39 is 31.1 Å². The third-order valence-corrected chi connectivity index (χ3v) is 4.74. The van der Waals surface area contributed by atoms with Gasteiger partial charge in [0.15, 0.2) is 23.2 Å². The molecular formula is C18H21N5O5. The number of anilines is 1. The number of nitrogens with one attached hydrogen (secondary N) is 1. The lowest BCUT2D eigenvalue weighted by atomic mass is 10.1. The van der Waals surface area contributed by atoms with Gasteiger partial charge in [0.1, 0.15) is 30.4 Å². The summed E-state index contributed by atoms with van der Waals surface area (Å²) in [6.45, 7) is 0.105. The van der Waals surface area contributed by atoms with Gasteiger partial charge in [0.2, 0.25) is 0 Å². The summed E-state index contributed by atoms with van der Waals surface area (Å²) in [5.41, 5.74) is 1.95. The molecule has 0 bridgehead atoms. The van der Waals surface area contributed by atoms with Crippen molar-refractivity contribution in [1.82, 2.24) is 19.5 Å². The summed E-state index contributed by atoms with van der Waals surface area (Å²) in [5, 5.41) is 32.7. The molecule has 0 saturated carbocycles. The van der Waals surface area contributed by atoms with Crippen molar-refractivity contribution >= 4 is 17.0 Å². The molecule has 0 aliphatic carbocycles. The van der Waals surface area contributed by atoms with Crippen LogP contribution in [0.4, 0.5) is 5.82 Å². The molecule has 0 spiro atoms. The molecule has 0 amide bonds. The van der Waals surface area contributed by atoms with E-state index in [0.717, 1.165) is 11.3 Å². The molecule has 10 heteroatoms. The van der Waals surface area contributed by atoms with Crippen molar-refractivity contribution in [3.63, 3.8) is 0 Å². The third-order valence-electron chi connectivity index (χ3n) is 4.74. The second-order valence-electron chi connectivity index (χ2n) is 6.48. The highest BCUT2D eigenvalue weighted by atomic mass is 16.6. The molecular weight excluding hydrogens is 366 g/mol. The SMILES string of the molecule is COc1cccc(CNc2ncnc3c2ncn3[C@@H]2O[C@H](CO)[C@@H](O)[C@H]2O)c1. The predicted octanol–water partition coefficient (Wildman–Crippen LogP) is 0.0585. The average molecular weight is 387 g/mol. The number of aliphatic hydroxyl groups excluding tert-OH is 3. The highest BCUT2D eigenvalue weighted by Gasteiger charge is 2.44. The molecule has 1 aliphatic heterocycles. The summed E-state index contributed by atoms with van der Waals surface area (Å²) in [6.07, 6.45) is -1.33. The molecule has 28 heavy (non-hydrogen) atoms. The average Bonchev–Trinajstić information content (AvgIpc) is 3.28. The molecule has 148 valence electrons. The lowest BCUT2D eigenvalue weighted by molar-refractivity contribution is -0.0511. The second kappa shape index (κ2) is 7.68. The van der Waals surface area contributed by atoms with E-state index in [1.165, 1.54) is 17.2 Å². The first kappa shape index (κ1) is 18.6. The van der Waals surface area contributed by atoms with Crippen molar-refractivity contribution in [1.29, 1.82) is 0 Å². The van der Waals surface area contributed by atoms with Crippen molar-refractivity contribution in [2.75, 3.05) is 19.0 Å². The predicted molar refractivity (Wildman–Crippen MR) is 98.7 cm³/mol. The van der Waals surface area contributed by atoms with Crippen LogP contribution in [-0.4, -0.2) is 66.9 Å². The number of imidazole rings is 1. The fourth-order valence-corrected chi connectivity index (χ4v) is 3.25. The Morgan fingerprint density at radius 3 is 2.82 bits per heavy atom. The van der Waals surface area contributed by atoms with Crippen LogP contribution in [0.3, 0.4) is 0 Å². The minimum absolute atomic E-state index is 0.399. The number of fused-ring (bicyclic) bond motifs is 1. The van der Waals surface area contributed by atoms with Crippen LogP contribution in [0.1, 0.15) is 11.8 Å². The van der Waals surface area contributed by atoms with Crippen LogP contribution in [0, 0.1) is 0 Å². The second-order valence-corrected chi connectivity index (χ2v) is 6.48. The van der Waals surface area contributed by atoms with Crippen LogP contribution in [0.25, 0.3) is 11.2 Å². The van der Waals surface area contributed by atoms with E-state index in [1.54, 1.807) is 7.11 Å². The van der Waals surface area contributed by atoms with Gasteiger partial charge in [-0.15, -0.1) is 0 Å². The van der Waals surface area contributed by atoms with E-state index in [0.29, 0.717) is 23.5 Å². The van der Waals surface area contributed by atoms with Gasteiger partial charge in [-0.3, -0.25) is 4.57 Å². The Labute approximate surface area is 160 Å². The quantitative estimate of drug-likeness (QED) is 0.463. The zero-order valence-corrected chi connectivity index (χ0v) is 15.1. The molecule has 0 unspecified atom stereocenters. The molecule has 4 N–H and O–H groups in total. The summed E-state index contributed by atoms with van der Waals surface area (Å²) in [4.78, 5) is 12.8. The summed E-state index contributed by atoms with van der Waals surface area (Å²) < 4.78 is 12.3. The fraction of sp³-hybridized carbons (Fsp3) is 0.389. The molecule has 3 aromatic rings. The van der Waals surface area contributed by atoms with E-state index in [9.17, 15) is 15.3 Å². The molecule has 1 saturated heterocycles. The van der Waals surface area contributed by atoms with Crippen LogP contribution in [0.2, 0.25) is 0 Å². The molecule has 1 aromatic carbocycles. The van der Waals surface area contributed by atoms with Crippen molar-refractivity contribution in [2.45, 2.75) is 31.1 Å². The lowest BCUT2D eigenvalue weighted by Gasteiger charge is -2.16. The van der Waals surface area contributed by atoms with Crippen LogP contribution in [0.5, 0.6) is 5.75 Å². The van der Waals surface area contributed by atoms with Crippen molar-refractivity contribution < 1.29 is 24.8 Å². The number of benzene rings is 1. The first-order chi connectivity index (χ1) is 13.6. The van der Waals surface area contributed by atoms with Crippen LogP contribution in [0.15, 0.2) is 36.9 Å². The van der Waals surface area contributed by atoms with E-state index in [-0.39, 0.29) is 0 Å². The Balaban J connectivity index is 1.58. The van der Waals surface area contributed by atoms with Crippen molar-refractivity contribution in [3.8, 4) is 5.75 Å². The first-order valence-corrected chi connectivity index (χ1v) is 8.79. The highest BCUT2D eigenvalue weighted by molar-refractivity contribution is 5.82. The zero-order chi connectivity index (χ0) is 19.7. The smallest absolute Gasteiger partial charge is 0.167 e. The van der Waals surface area contributed by atoms with E-state index in [2.05, 4.69) is 20.3 Å². The van der Waals surface area contributed by atoms with Gasteiger partial charge < -0.3 is 30.1 Å². The Bertz CT molecular complexity index is 964. The minimum Gasteiger partial charge on any atom is -0.497 e. The van der Waals surface area contributed by atoms with Gasteiger partial charge in [-0.05, 0) is 17.7 Å². The molecule has 1 fully saturated rings. The molecule has 2 aromatic heterocycles. The normalized spacial score (nSPS) is 24.6. The standard InChI is InChI=1S/C18H21N5O5/c1-27-11-4-2-3-10(5-11)6-19-16-13-17(21-8-20-16)23(9-22-13)18-15(26)14(25)12(7-24)28-18/h2-5,8-9,12,14-15,18,24-26H,6-7H2,1H3,(H,19,20,21)/t12-,14-,15-,18-/m1/s1. The van der Waals surface area contributed by atoms with Crippen LogP contribution >= 0.6 is 0 Å². The first-order valence-electron chi connectivity index (χ1n) is 8.79. The maximum absolute atomic E-state index is 10.3. The van der Waals surface area contributed by atoms with E-state index in [1.807, 2.05) is 24.3 Å². The van der Waals surface area contributed by atoms with Gasteiger partial charge in [-0.1, -0.05) is 12.1 Å². The maximum Gasteiger partial charge on any atom is 0.167 e. The van der Waals surface area contributed by atoms with Gasteiger partial charge in [0.25, 0.3) is 0 Å². The van der Waals surface area contributed by atoms with Gasteiger partial charge in [-0.2, -0.15) is 0 Å². The van der Waals surface area contributed by atoms with Crippen LogP contribution < -0.4 is 10.1 Å². The van der Waals surface area contributed by atoms with E-state index in [4.69, 9.17) is 9.47 Å². The molecule has 3 heterocycles. The van der Waals surface area contributed by atoms with Gasteiger partial charge >= 0.3 is 0 Å². The third kappa shape index (κ3) is 3.27. The Kier molecular flexibility index (Phi) is 5.09. The number of ether oxygens (including phenoxy) is 2. The summed E-state index contributed by atoms with van der Waals surface area (Å²) in [7, 11) is 1.62. The van der Waals surface area contributed by atoms with Gasteiger partial charge in [-0.25, -0.2) is 15.0 Å². The largest absolute Gasteiger partial charge is 0.497 e. The van der Waals surface area contributed by atoms with E-state index >= 15 is 0 Å². The molecule has 10 nitrogen and oxygen atoms in total. The Morgan fingerprint density at radius 1 is 1.21 bits per heavy atom. The molecule has 4 rings (SSSR count). The lowest BCUT2D eigenvalue weighted by Crippen LogP contribution is -2.33. The number of methoxy groups -OCH3 is 1. The van der Waals surface area contributed by atoms with Crippen molar-refractivity contribution in [3.05, 3.63) is 42.5 Å². The number of aliphatic hydroxyl groups is 3. The summed E-state index contributed by atoms with van der Waals surface area (Å²) in [5.74, 6) is 1.29. The maximum atomic E-state index is 10.3. The fourth-order valence-electron chi connectivity index (χ4n) is 3.25. The van der Waals surface area contributed by atoms with Crippen LogP contribution in [-0.2, 0) is 11.3 Å². The molecule has 4 atom stereocenters. The summed E-state index contributed by atoms with van der Waals surface area (Å²) in [6, 6.07) is 7.66.